The number of nitrogens with one attached hydrogen (secondary N) is 1. The van der Waals surface area contributed by atoms with Gasteiger partial charge in [0.2, 0.25) is 6.79 Å². The number of halogens is 1. The molecule has 166 valence electrons. The van der Waals surface area contributed by atoms with E-state index in [1.54, 1.807) is 20.3 Å². The first-order chi connectivity index (χ1) is 15.5. The minimum absolute atomic E-state index is 0.00942. The summed E-state index contributed by atoms with van der Waals surface area (Å²) in [6.07, 6.45) is 1.46. The first-order valence-corrected chi connectivity index (χ1v) is 10.3. The number of ether oxygens (including phenoxy) is 5. The standard InChI is InChI=1S/C23H22ClN3O5/c1-13(2)32-19-10-17-15(9-18(19)29-4)23(26-11-25-17)27-20-16(24)8-14(6-5-7-28-3)21-22(20)31-12-30-21/h8-11,13H,7,12H2,1-4H3,(H,25,26,27). The fourth-order valence-electron chi connectivity index (χ4n) is 3.24. The molecular weight excluding hydrogens is 434 g/mol. The third kappa shape index (κ3) is 4.31. The number of rotatable bonds is 6. The SMILES string of the molecule is COCC#Cc1cc(Cl)c(Nc2ncnc3cc(OC(C)C)c(OC)cc23)c2c1OCO2. The number of benzene rings is 2. The fraction of sp³-hybridized carbons (Fsp3) is 0.304. The predicted octanol–water partition coefficient (Wildman–Crippen LogP) is 4.55. The third-order valence-electron chi connectivity index (χ3n) is 4.56. The van der Waals surface area contributed by atoms with E-state index in [0.29, 0.717) is 57.2 Å². The van der Waals surface area contributed by atoms with Gasteiger partial charge in [0, 0.05) is 18.6 Å². The van der Waals surface area contributed by atoms with Crippen molar-refractivity contribution in [2.75, 3.05) is 32.9 Å². The molecule has 0 spiro atoms. The van der Waals surface area contributed by atoms with Crippen LogP contribution in [0.15, 0.2) is 24.5 Å². The molecule has 1 aromatic heterocycles. The molecule has 9 heteroatoms. The monoisotopic (exact) mass is 455 g/mol. The number of fused-ring (bicyclic) bond motifs is 2. The Morgan fingerprint density at radius 1 is 1.12 bits per heavy atom. The maximum absolute atomic E-state index is 6.58. The Morgan fingerprint density at radius 3 is 2.69 bits per heavy atom. The van der Waals surface area contributed by atoms with E-state index < -0.39 is 0 Å². The zero-order valence-corrected chi connectivity index (χ0v) is 18.9. The second-order valence-electron chi connectivity index (χ2n) is 7.11. The van der Waals surface area contributed by atoms with Gasteiger partial charge in [0.15, 0.2) is 23.0 Å². The van der Waals surface area contributed by atoms with Crippen molar-refractivity contribution in [3.8, 4) is 34.8 Å². The van der Waals surface area contributed by atoms with Gasteiger partial charge in [0.25, 0.3) is 0 Å². The van der Waals surface area contributed by atoms with E-state index in [1.165, 1.54) is 6.33 Å². The minimum Gasteiger partial charge on any atom is -0.493 e. The van der Waals surface area contributed by atoms with Crippen LogP contribution in [0.1, 0.15) is 19.4 Å². The van der Waals surface area contributed by atoms with Gasteiger partial charge >= 0.3 is 0 Å². The van der Waals surface area contributed by atoms with Crippen LogP contribution >= 0.6 is 11.6 Å². The van der Waals surface area contributed by atoms with Gasteiger partial charge in [-0.15, -0.1) is 0 Å². The molecule has 0 radical (unpaired) electrons. The smallest absolute Gasteiger partial charge is 0.231 e. The number of methoxy groups -OCH3 is 2. The lowest BCUT2D eigenvalue weighted by molar-refractivity contribution is 0.174. The number of hydrogen-bond acceptors (Lipinski definition) is 8. The molecule has 4 rings (SSSR count). The summed E-state index contributed by atoms with van der Waals surface area (Å²) in [5.41, 5.74) is 1.83. The Kier molecular flexibility index (Phi) is 6.40. The number of nitrogens with zero attached hydrogens (tertiary/aromatic N) is 2. The highest BCUT2D eigenvalue weighted by Gasteiger charge is 2.25. The summed E-state index contributed by atoms with van der Waals surface area (Å²) in [5.74, 6) is 8.59. The number of anilines is 2. The molecule has 32 heavy (non-hydrogen) atoms. The summed E-state index contributed by atoms with van der Waals surface area (Å²) < 4.78 is 27.7. The first kappa shape index (κ1) is 21.8. The van der Waals surface area contributed by atoms with Gasteiger partial charge in [0.1, 0.15) is 24.4 Å². The lowest BCUT2D eigenvalue weighted by Crippen LogP contribution is -2.07. The zero-order valence-electron chi connectivity index (χ0n) is 18.1. The maximum Gasteiger partial charge on any atom is 0.231 e. The topological polar surface area (TPSA) is 84.0 Å². The molecular formula is C23H22ClN3O5. The Labute approximate surface area is 190 Å². The maximum atomic E-state index is 6.58. The summed E-state index contributed by atoms with van der Waals surface area (Å²) in [4.78, 5) is 8.77. The quantitative estimate of drug-likeness (QED) is 0.542. The Bertz CT molecular complexity index is 1220. The van der Waals surface area contributed by atoms with E-state index in [0.717, 1.165) is 5.39 Å². The van der Waals surface area contributed by atoms with Crippen molar-refractivity contribution in [2.24, 2.45) is 0 Å². The van der Waals surface area contributed by atoms with Crippen molar-refractivity contribution in [1.82, 2.24) is 9.97 Å². The van der Waals surface area contributed by atoms with Gasteiger partial charge in [-0.1, -0.05) is 23.4 Å². The predicted molar refractivity (Wildman–Crippen MR) is 121 cm³/mol. The summed E-state index contributed by atoms with van der Waals surface area (Å²) in [5, 5.41) is 4.41. The minimum atomic E-state index is -0.00942. The molecule has 0 saturated carbocycles. The molecule has 2 aromatic carbocycles. The van der Waals surface area contributed by atoms with Gasteiger partial charge in [-0.05, 0) is 26.0 Å². The lowest BCUT2D eigenvalue weighted by Gasteiger charge is -2.16. The van der Waals surface area contributed by atoms with Crippen LogP contribution in [0, 0.1) is 11.8 Å². The van der Waals surface area contributed by atoms with E-state index >= 15 is 0 Å². The number of hydrogen-bond donors (Lipinski definition) is 1. The lowest BCUT2D eigenvalue weighted by atomic mass is 10.1. The summed E-state index contributed by atoms with van der Waals surface area (Å²) in [6.45, 7) is 4.26. The van der Waals surface area contributed by atoms with Gasteiger partial charge in [0.05, 0.1) is 29.3 Å². The van der Waals surface area contributed by atoms with E-state index in [9.17, 15) is 0 Å². The summed E-state index contributed by atoms with van der Waals surface area (Å²) in [7, 11) is 3.17. The van der Waals surface area contributed by atoms with E-state index in [1.807, 2.05) is 26.0 Å². The van der Waals surface area contributed by atoms with Crippen LogP contribution in [-0.4, -0.2) is 43.7 Å². The van der Waals surface area contributed by atoms with Crippen molar-refractivity contribution in [2.45, 2.75) is 20.0 Å². The summed E-state index contributed by atoms with van der Waals surface area (Å²) >= 11 is 6.58. The van der Waals surface area contributed by atoms with Crippen LogP contribution in [0.5, 0.6) is 23.0 Å². The van der Waals surface area contributed by atoms with Gasteiger partial charge < -0.3 is 29.0 Å². The highest BCUT2D eigenvalue weighted by atomic mass is 35.5. The largest absolute Gasteiger partial charge is 0.493 e. The highest BCUT2D eigenvalue weighted by Crippen LogP contribution is 2.47. The molecule has 0 fully saturated rings. The van der Waals surface area contributed by atoms with Crippen LogP contribution in [0.2, 0.25) is 5.02 Å². The second kappa shape index (κ2) is 9.39. The zero-order chi connectivity index (χ0) is 22.7. The van der Waals surface area contributed by atoms with Crippen LogP contribution in [-0.2, 0) is 4.74 Å². The summed E-state index contributed by atoms with van der Waals surface area (Å²) in [6, 6.07) is 5.37. The molecule has 0 unspecified atom stereocenters. The highest BCUT2D eigenvalue weighted by molar-refractivity contribution is 6.34. The molecule has 8 nitrogen and oxygen atoms in total. The molecule has 0 aliphatic carbocycles. The third-order valence-corrected chi connectivity index (χ3v) is 4.86. The van der Waals surface area contributed by atoms with Gasteiger partial charge in [-0.25, -0.2) is 9.97 Å². The molecule has 0 atom stereocenters. The fourth-order valence-corrected chi connectivity index (χ4v) is 3.48. The molecule has 0 saturated heterocycles. The molecule has 0 amide bonds. The molecule has 2 heterocycles. The van der Waals surface area contributed by atoms with E-state index in [4.69, 9.17) is 35.3 Å². The Hall–Kier alpha value is -3.41. The van der Waals surface area contributed by atoms with Crippen molar-refractivity contribution in [1.29, 1.82) is 0 Å². The Balaban J connectivity index is 1.77. The molecule has 0 bridgehead atoms. The Morgan fingerprint density at radius 2 is 1.94 bits per heavy atom. The molecule has 1 aliphatic heterocycles. The van der Waals surface area contributed by atoms with Gasteiger partial charge in [-0.2, -0.15) is 0 Å². The van der Waals surface area contributed by atoms with Gasteiger partial charge in [-0.3, -0.25) is 0 Å². The number of aromatic nitrogens is 2. The second-order valence-corrected chi connectivity index (χ2v) is 7.52. The van der Waals surface area contributed by atoms with Crippen LogP contribution in [0.4, 0.5) is 11.5 Å². The van der Waals surface area contributed by atoms with Crippen molar-refractivity contribution < 1.29 is 23.7 Å². The molecule has 3 aromatic rings. The normalized spacial score (nSPS) is 11.9. The molecule has 1 aliphatic rings. The average Bonchev–Trinajstić information content (AvgIpc) is 3.25. The van der Waals surface area contributed by atoms with Crippen LogP contribution < -0.4 is 24.3 Å². The van der Waals surface area contributed by atoms with Crippen LogP contribution in [0.3, 0.4) is 0 Å². The molecule has 1 N–H and O–H groups in total. The van der Waals surface area contributed by atoms with Crippen molar-refractivity contribution >= 4 is 34.0 Å². The average molecular weight is 456 g/mol. The van der Waals surface area contributed by atoms with Crippen LogP contribution in [0.25, 0.3) is 10.9 Å². The van der Waals surface area contributed by atoms with E-state index in [2.05, 4.69) is 27.1 Å². The van der Waals surface area contributed by atoms with E-state index in [-0.39, 0.29) is 12.9 Å². The van der Waals surface area contributed by atoms with Crippen molar-refractivity contribution in [3.05, 3.63) is 35.1 Å². The van der Waals surface area contributed by atoms with Crippen molar-refractivity contribution in [3.63, 3.8) is 0 Å². The first-order valence-electron chi connectivity index (χ1n) is 9.88.